The summed E-state index contributed by atoms with van der Waals surface area (Å²) in [4.78, 5) is 26.4. The van der Waals surface area contributed by atoms with E-state index in [1.54, 1.807) is 38.1 Å². The second kappa shape index (κ2) is 12.5. The molecule has 2 N–H and O–H groups in total. The van der Waals surface area contributed by atoms with Crippen LogP contribution >= 0.6 is 23.2 Å². The first-order valence-electron chi connectivity index (χ1n) is 14.1. The molecule has 1 aliphatic rings. The van der Waals surface area contributed by atoms with Crippen LogP contribution in [-0.4, -0.2) is 31.1 Å². The fourth-order valence-corrected chi connectivity index (χ4v) is 6.46. The third-order valence-electron chi connectivity index (χ3n) is 8.30. The Morgan fingerprint density at radius 3 is 2.27 bits per heavy atom. The summed E-state index contributed by atoms with van der Waals surface area (Å²) in [5, 5.41) is 17.1. The molecule has 3 aromatic carbocycles. The third kappa shape index (κ3) is 6.19. The number of esters is 1. The number of benzene rings is 3. The molecule has 6 nitrogen and oxygen atoms in total. The zero-order chi connectivity index (χ0) is 32.6. The minimum absolute atomic E-state index is 0.000204. The Balaban J connectivity index is 1.86. The lowest BCUT2D eigenvalue weighted by atomic mass is 9.62. The van der Waals surface area contributed by atoms with Crippen LogP contribution in [0.5, 0.6) is 0 Å². The molecule has 232 valence electrons. The van der Waals surface area contributed by atoms with Gasteiger partial charge < -0.3 is 15.4 Å². The minimum Gasteiger partial charge on any atom is -0.468 e. The summed E-state index contributed by atoms with van der Waals surface area (Å²) in [6, 6.07) is 15.5. The van der Waals surface area contributed by atoms with Gasteiger partial charge in [0.25, 0.3) is 0 Å². The van der Waals surface area contributed by atoms with E-state index in [2.05, 4.69) is 16.7 Å². The molecule has 0 aliphatic carbocycles. The Morgan fingerprint density at radius 2 is 1.70 bits per heavy atom. The number of nitrogens with one attached hydrogen (secondary N) is 2. The van der Waals surface area contributed by atoms with Crippen LogP contribution in [-0.2, 0) is 25.2 Å². The summed E-state index contributed by atoms with van der Waals surface area (Å²) in [6.07, 6.45) is 0.350. The summed E-state index contributed by atoms with van der Waals surface area (Å²) < 4.78 is 36.5. The number of anilines is 1. The Kier molecular flexibility index (Phi) is 9.46. The molecule has 4 unspecified atom stereocenters. The Labute approximate surface area is 266 Å². The van der Waals surface area contributed by atoms with Crippen molar-refractivity contribution in [3.05, 3.63) is 99.0 Å². The second-order valence-electron chi connectivity index (χ2n) is 12.9. The number of methoxy groups -OCH3 is 1. The fourth-order valence-electron chi connectivity index (χ4n) is 6.12. The van der Waals surface area contributed by atoms with E-state index in [0.29, 0.717) is 17.7 Å². The smallest absolute Gasteiger partial charge is 0.315 e. The molecule has 4 rings (SSSR count). The Bertz CT molecular complexity index is 1620. The standard InChI is InChI=1S/C34H35Cl2F2N3O3/c1-32(2,3)17-26-34(18-39,23-15-12-20(35)16-25(23)37)27(22-8-7-9-24(36)28(22)38)29(41-26)30(42)40-21-13-10-19(11-14-21)33(4,5)31(43)44-6/h7-16,26-27,29,41H,17H2,1-6H3,(H,40,42). The Morgan fingerprint density at radius 1 is 1.05 bits per heavy atom. The molecular weight excluding hydrogens is 607 g/mol. The zero-order valence-electron chi connectivity index (χ0n) is 25.4. The van der Waals surface area contributed by atoms with Gasteiger partial charge in [0, 0.05) is 28.2 Å². The van der Waals surface area contributed by atoms with Crippen LogP contribution in [0.4, 0.5) is 14.5 Å². The van der Waals surface area contributed by atoms with Crippen molar-refractivity contribution in [2.75, 3.05) is 12.4 Å². The van der Waals surface area contributed by atoms with Crippen molar-refractivity contribution in [1.29, 1.82) is 5.26 Å². The average Bonchev–Trinajstić information content (AvgIpc) is 3.27. The molecule has 1 saturated heterocycles. The lowest BCUT2D eigenvalue weighted by Gasteiger charge is -2.37. The predicted molar refractivity (Wildman–Crippen MR) is 168 cm³/mol. The first-order chi connectivity index (χ1) is 20.6. The largest absolute Gasteiger partial charge is 0.468 e. The summed E-state index contributed by atoms with van der Waals surface area (Å²) in [5.74, 6) is -3.69. The third-order valence-corrected chi connectivity index (χ3v) is 8.83. The van der Waals surface area contributed by atoms with Gasteiger partial charge in [0.1, 0.15) is 17.0 Å². The molecule has 0 saturated carbocycles. The average molecular weight is 643 g/mol. The molecule has 1 fully saturated rings. The first kappa shape index (κ1) is 33.4. The molecule has 1 amide bonds. The highest BCUT2D eigenvalue weighted by atomic mass is 35.5. The van der Waals surface area contributed by atoms with Gasteiger partial charge in [-0.3, -0.25) is 9.59 Å². The Hall–Kier alpha value is -3.51. The topological polar surface area (TPSA) is 91.2 Å². The van der Waals surface area contributed by atoms with Crippen LogP contribution in [0.15, 0.2) is 60.7 Å². The number of hydrogen-bond acceptors (Lipinski definition) is 5. The molecule has 1 heterocycles. The highest BCUT2D eigenvalue weighted by Gasteiger charge is 2.61. The van der Waals surface area contributed by atoms with Gasteiger partial charge in [-0.2, -0.15) is 5.26 Å². The van der Waals surface area contributed by atoms with E-state index >= 15 is 8.78 Å². The lowest BCUT2D eigenvalue weighted by Crippen LogP contribution is -2.45. The van der Waals surface area contributed by atoms with E-state index in [1.165, 1.54) is 37.4 Å². The van der Waals surface area contributed by atoms with Crippen LogP contribution in [0, 0.1) is 28.4 Å². The number of amides is 1. The van der Waals surface area contributed by atoms with Gasteiger partial charge in [-0.05, 0) is 67.1 Å². The van der Waals surface area contributed by atoms with Crippen molar-refractivity contribution < 1.29 is 23.1 Å². The van der Waals surface area contributed by atoms with E-state index in [9.17, 15) is 14.9 Å². The fraction of sp³-hybridized carbons (Fsp3) is 0.382. The number of carbonyl (C=O) groups is 2. The van der Waals surface area contributed by atoms with E-state index in [1.807, 2.05) is 20.8 Å². The van der Waals surface area contributed by atoms with Gasteiger partial charge in [-0.25, -0.2) is 8.78 Å². The molecule has 0 radical (unpaired) electrons. The van der Waals surface area contributed by atoms with Gasteiger partial charge in [0.05, 0.1) is 29.7 Å². The van der Waals surface area contributed by atoms with Crippen molar-refractivity contribution in [3.8, 4) is 6.07 Å². The molecule has 0 aromatic heterocycles. The predicted octanol–water partition coefficient (Wildman–Crippen LogP) is 7.68. The molecule has 0 bridgehead atoms. The normalized spacial score (nSPS) is 21.9. The van der Waals surface area contributed by atoms with E-state index in [4.69, 9.17) is 27.9 Å². The highest BCUT2D eigenvalue weighted by molar-refractivity contribution is 6.31. The molecule has 3 aromatic rings. The monoisotopic (exact) mass is 641 g/mol. The number of halogens is 4. The minimum atomic E-state index is -1.73. The molecule has 44 heavy (non-hydrogen) atoms. The van der Waals surface area contributed by atoms with Crippen LogP contribution < -0.4 is 10.6 Å². The van der Waals surface area contributed by atoms with Gasteiger partial charge in [-0.1, -0.05) is 74.3 Å². The van der Waals surface area contributed by atoms with Crippen LogP contribution in [0.2, 0.25) is 10.0 Å². The van der Waals surface area contributed by atoms with Crippen molar-refractivity contribution in [2.24, 2.45) is 5.41 Å². The summed E-state index contributed by atoms with van der Waals surface area (Å²) in [6.45, 7) is 9.36. The summed E-state index contributed by atoms with van der Waals surface area (Å²) in [5.41, 5.74) is -1.93. The van der Waals surface area contributed by atoms with Crippen molar-refractivity contribution in [2.45, 2.75) is 69.9 Å². The number of hydrogen-bond donors (Lipinski definition) is 2. The maximum absolute atomic E-state index is 15.8. The molecular formula is C34H35Cl2F2N3O3. The SMILES string of the molecule is COC(=O)C(C)(C)c1ccc(NC(=O)C2NC(CC(C)(C)C)C(C#N)(c3ccc(Cl)cc3F)C2c2cccc(Cl)c2F)cc1. The zero-order valence-corrected chi connectivity index (χ0v) is 26.9. The molecule has 0 spiro atoms. The van der Waals surface area contributed by atoms with Gasteiger partial charge in [0.15, 0.2) is 0 Å². The first-order valence-corrected chi connectivity index (χ1v) is 14.9. The maximum atomic E-state index is 15.8. The summed E-state index contributed by atoms with van der Waals surface area (Å²) in [7, 11) is 1.32. The summed E-state index contributed by atoms with van der Waals surface area (Å²) >= 11 is 12.3. The molecule has 10 heteroatoms. The van der Waals surface area contributed by atoms with Crippen molar-refractivity contribution in [1.82, 2.24) is 5.32 Å². The van der Waals surface area contributed by atoms with Crippen molar-refractivity contribution in [3.63, 3.8) is 0 Å². The van der Waals surface area contributed by atoms with Crippen LogP contribution in [0.1, 0.15) is 63.6 Å². The van der Waals surface area contributed by atoms with Gasteiger partial charge in [-0.15, -0.1) is 0 Å². The van der Waals surface area contributed by atoms with E-state index in [-0.39, 0.29) is 26.6 Å². The van der Waals surface area contributed by atoms with Crippen LogP contribution in [0.25, 0.3) is 0 Å². The van der Waals surface area contributed by atoms with Gasteiger partial charge in [0.2, 0.25) is 5.91 Å². The van der Waals surface area contributed by atoms with E-state index in [0.717, 1.165) is 6.07 Å². The number of rotatable bonds is 7. The quantitative estimate of drug-likeness (QED) is 0.258. The number of carbonyl (C=O) groups excluding carboxylic acids is 2. The molecule has 1 aliphatic heterocycles. The van der Waals surface area contributed by atoms with Gasteiger partial charge >= 0.3 is 5.97 Å². The number of nitriles is 1. The molecule has 4 atom stereocenters. The van der Waals surface area contributed by atoms with E-state index < -0.39 is 52.3 Å². The lowest BCUT2D eigenvalue weighted by molar-refractivity contribution is -0.146. The second-order valence-corrected chi connectivity index (χ2v) is 13.7. The van der Waals surface area contributed by atoms with Crippen LogP contribution in [0.3, 0.4) is 0 Å². The number of nitrogens with zero attached hydrogens (tertiary/aromatic N) is 1. The maximum Gasteiger partial charge on any atom is 0.315 e. The number of ether oxygens (including phenoxy) is 1. The van der Waals surface area contributed by atoms with Crippen molar-refractivity contribution >= 4 is 40.8 Å². The highest BCUT2D eigenvalue weighted by Crippen LogP contribution is 2.53.